The van der Waals surface area contributed by atoms with Crippen LogP contribution in [0.4, 0.5) is 0 Å². The number of aromatic nitrogens is 1. The van der Waals surface area contributed by atoms with Crippen LogP contribution in [0.5, 0.6) is 0 Å². The molecule has 2 aromatic rings. The number of ketones is 1. The molecular formula is C26H29N3O2. The maximum absolute atomic E-state index is 13.1. The van der Waals surface area contributed by atoms with Crippen molar-refractivity contribution in [1.29, 1.82) is 5.26 Å². The van der Waals surface area contributed by atoms with E-state index < -0.39 is 0 Å². The highest BCUT2D eigenvalue weighted by Gasteiger charge is 2.26. The standard InChI is InChI=1S/C26H29N3O2/c1-18-5-7-22(14-23(18)15-24(30)13-19-3-2-4-19)26(31)29-11-9-21(10-12-29)25-8-6-20(16-27)17-28-25/h5-8,14,17,19,21H,2-4,9-13,15H2,1H3. The quantitative estimate of drug-likeness (QED) is 0.692. The van der Waals surface area contributed by atoms with E-state index in [-0.39, 0.29) is 11.7 Å². The summed E-state index contributed by atoms with van der Waals surface area (Å²) in [4.78, 5) is 31.9. The monoisotopic (exact) mass is 415 g/mol. The lowest BCUT2D eigenvalue weighted by atomic mass is 9.81. The van der Waals surface area contributed by atoms with Crippen LogP contribution in [-0.4, -0.2) is 34.7 Å². The molecule has 1 aromatic heterocycles. The minimum atomic E-state index is 0.0407. The molecule has 31 heavy (non-hydrogen) atoms. The molecule has 0 bridgehead atoms. The number of aryl methyl sites for hydroxylation is 1. The number of likely N-dealkylation sites (tertiary alicyclic amines) is 1. The summed E-state index contributed by atoms with van der Waals surface area (Å²) >= 11 is 0. The zero-order valence-corrected chi connectivity index (χ0v) is 18.1. The van der Waals surface area contributed by atoms with Crippen molar-refractivity contribution in [2.45, 2.75) is 57.8 Å². The lowest BCUT2D eigenvalue weighted by molar-refractivity contribution is -0.119. The summed E-state index contributed by atoms with van der Waals surface area (Å²) in [6, 6.07) is 11.6. The molecule has 0 radical (unpaired) electrons. The number of benzene rings is 1. The average molecular weight is 416 g/mol. The Bertz CT molecular complexity index is 994. The lowest BCUT2D eigenvalue weighted by Gasteiger charge is -2.32. The summed E-state index contributed by atoms with van der Waals surface area (Å²) in [5.41, 5.74) is 4.29. The van der Waals surface area contributed by atoms with E-state index in [9.17, 15) is 9.59 Å². The smallest absolute Gasteiger partial charge is 0.253 e. The first-order chi connectivity index (χ1) is 15.0. The van der Waals surface area contributed by atoms with Gasteiger partial charge in [0, 0.05) is 49.3 Å². The van der Waals surface area contributed by atoms with Gasteiger partial charge in [0.25, 0.3) is 5.91 Å². The Hall–Kier alpha value is -3.00. The van der Waals surface area contributed by atoms with Crippen molar-refractivity contribution >= 4 is 11.7 Å². The molecule has 2 heterocycles. The van der Waals surface area contributed by atoms with Gasteiger partial charge in [0.2, 0.25) is 0 Å². The second-order valence-corrected chi connectivity index (χ2v) is 9.01. The van der Waals surface area contributed by atoms with Crippen LogP contribution in [0.25, 0.3) is 0 Å². The number of carbonyl (C=O) groups is 2. The summed E-state index contributed by atoms with van der Waals surface area (Å²) in [5.74, 6) is 1.21. The van der Waals surface area contributed by atoms with Gasteiger partial charge in [0.05, 0.1) is 5.56 Å². The molecule has 1 aliphatic heterocycles. The van der Waals surface area contributed by atoms with Crippen LogP contribution in [0, 0.1) is 24.2 Å². The first-order valence-electron chi connectivity index (χ1n) is 11.3. The number of amides is 1. The van der Waals surface area contributed by atoms with Crippen molar-refractivity contribution < 1.29 is 9.59 Å². The average Bonchev–Trinajstić information content (AvgIpc) is 2.77. The molecule has 0 atom stereocenters. The molecule has 1 aliphatic carbocycles. The first-order valence-corrected chi connectivity index (χ1v) is 11.3. The summed E-state index contributed by atoms with van der Waals surface area (Å²) in [7, 11) is 0. The topological polar surface area (TPSA) is 74.1 Å². The first kappa shape index (κ1) is 21.2. The molecule has 5 heteroatoms. The summed E-state index contributed by atoms with van der Waals surface area (Å²) in [6.45, 7) is 3.39. The molecule has 0 spiro atoms. The highest BCUT2D eigenvalue weighted by Crippen LogP contribution is 2.30. The van der Waals surface area contributed by atoms with E-state index in [0.717, 1.165) is 29.7 Å². The zero-order valence-electron chi connectivity index (χ0n) is 18.1. The van der Waals surface area contributed by atoms with Crippen molar-refractivity contribution in [2.75, 3.05) is 13.1 Å². The third kappa shape index (κ3) is 5.02. The van der Waals surface area contributed by atoms with Gasteiger partial charge >= 0.3 is 0 Å². The van der Waals surface area contributed by atoms with Crippen molar-refractivity contribution in [2.24, 2.45) is 5.92 Å². The molecule has 0 N–H and O–H groups in total. The molecule has 1 saturated carbocycles. The molecular weight excluding hydrogens is 386 g/mol. The van der Waals surface area contributed by atoms with Crippen molar-refractivity contribution in [3.63, 3.8) is 0 Å². The number of nitrogens with zero attached hydrogens (tertiary/aromatic N) is 3. The van der Waals surface area contributed by atoms with Gasteiger partial charge in [0.1, 0.15) is 11.9 Å². The molecule has 5 nitrogen and oxygen atoms in total. The Labute approximate surface area is 184 Å². The number of carbonyl (C=O) groups excluding carboxylic acids is 2. The van der Waals surface area contributed by atoms with Crippen LogP contribution in [0.15, 0.2) is 36.5 Å². The van der Waals surface area contributed by atoms with Crippen LogP contribution in [0.2, 0.25) is 0 Å². The van der Waals surface area contributed by atoms with Crippen molar-refractivity contribution in [3.8, 4) is 6.07 Å². The Kier molecular flexibility index (Phi) is 6.46. The van der Waals surface area contributed by atoms with E-state index in [0.29, 0.717) is 48.9 Å². The fraction of sp³-hybridized carbons (Fsp3) is 0.462. The summed E-state index contributed by atoms with van der Waals surface area (Å²) in [6.07, 6.45) is 8.05. The van der Waals surface area contributed by atoms with E-state index in [4.69, 9.17) is 5.26 Å². The van der Waals surface area contributed by atoms with E-state index in [1.54, 1.807) is 12.3 Å². The molecule has 1 amide bonds. The van der Waals surface area contributed by atoms with Gasteiger partial charge in [-0.1, -0.05) is 25.3 Å². The zero-order chi connectivity index (χ0) is 21.8. The molecule has 2 fully saturated rings. The largest absolute Gasteiger partial charge is 0.339 e. The van der Waals surface area contributed by atoms with Gasteiger partial charge in [0.15, 0.2) is 0 Å². The highest BCUT2D eigenvalue weighted by molar-refractivity contribution is 5.95. The van der Waals surface area contributed by atoms with Crippen LogP contribution in [-0.2, 0) is 11.2 Å². The Morgan fingerprint density at radius 3 is 2.52 bits per heavy atom. The van der Waals surface area contributed by atoms with Gasteiger partial charge in [-0.25, -0.2) is 0 Å². The second-order valence-electron chi connectivity index (χ2n) is 9.01. The Balaban J connectivity index is 1.36. The lowest BCUT2D eigenvalue weighted by Crippen LogP contribution is -2.38. The predicted molar refractivity (Wildman–Crippen MR) is 119 cm³/mol. The normalized spacial score (nSPS) is 17.1. The molecule has 1 saturated heterocycles. The molecule has 2 aliphatic rings. The van der Waals surface area contributed by atoms with Gasteiger partial charge in [-0.3, -0.25) is 14.6 Å². The minimum absolute atomic E-state index is 0.0407. The molecule has 160 valence electrons. The Morgan fingerprint density at radius 1 is 1.13 bits per heavy atom. The predicted octanol–water partition coefficient (Wildman–Crippen LogP) is 4.58. The van der Waals surface area contributed by atoms with Crippen LogP contribution < -0.4 is 0 Å². The molecule has 4 rings (SSSR count). The fourth-order valence-corrected chi connectivity index (χ4v) is 4.57. The Morgan fingerprint density at radius 2 is 1.90 bits per heavy atom. The van der Waals surface area contributed by atoms with Gasteiger partial charge in [-0.15, -0.1) is 0 Å². The number of Topliss-reactive ketones (excluding diaryl/α,β-unsaturated/α-hetero) is 1. The highest BCUT2D eigenvalue weighted by atomic mass is 16.2. The van der Waals surface area contributed by atoms with E-state index in [2.05, 4.69) is 11.1 Å². The van der Waals surface area contributed by atoms with Gasteiger partial charge in [-0.2, -0.15) is 5.26 Å². The van der Waals surface area contributed by atoms with Crippen LogP contribution in [0.3, 0.4) is 0 Å². The maximum Gasteiger partial charge on any atom is 0.253 e. The van der Waals surface area contributed by atoms with E-state index >= 15 is 0 Å². The SMILES string of the molecule is Cc1ccc(C(=O)N2CCC(c3ccc(C#N)cn3)CC2)cc1CC(=O)CC1CCC1. The number of nitriles is 1. The minimum Gasteiger partial charge on any atom is -0.339 e. The number of rotatable bonds is 6. The van der Waals surface area contributed by atoms with Crippen LogP contribution in [0.1, 0.15) is 77.2 Å². The number of hydrogen-bond donors (Lipinski definition) is 0. The second kappa shape index (κ2) is 9.43. The summed E-state index contributed by atoms with van der Waals surface area (Å²) in [5, 5.41) is 8.93. The molecule has 0 unspecified atom stereocenters. The van der Waals surface area contributed by atoms with E-state index in [1.165, 1.54) is 19.3 Å². The van der Waals surface area contributed by atoms with Crippen molar-refractivity contribution in [1.82, 2.24) is 9.88 Å². The van der Waals surface area contributed by atoms with Gasteiger partial charge < -0.3 is 4.90 Å². The van der Waals surface area contributed by atoms with Gasteiger partial charge in [-0.05, 0) is 61.1 Å². The third-order valence-corrected chi connectivity index (χ3v) is 6.84. The van der Waals surface area contributed by atoms with Crippen LogP contribution >= 0.6 is 0 Å². The third-order valence-electron chi connectivity index (χ3n) is 6.84. The maximum atomic E-state index is 13.1. The molecule has 1 aromatic carbocycles. The summed E-state index contributed by atoms with van der Waals surface area (Å²) < 4.78 is 0. The van der Waals surface area contributed by atoms with E-state index in [1.807, 2.05) is 36.1 Å². The number of hydrogen-bond acceptors (Lipinski definition) is 4. The van der Waals surface area contributed by atoms with Crippen molar-refractivity contribution in [3.05, 3.63) is 64.5 Å². The number of piperidine rings is 1. The number of pyridine rings is 1. The fourth-order valence-electron chi connectivity index (χ4n) is 4.57.